The standard InChI is InChI=1S/C33H43N5O3/c1-23-10-12-27(13-11-23)38-30(26-14-16-37(17-15-26)32(40)41-33(4,5)6)28(22-34-38)31(39)36-20-18-35(19-21-36)29-9-7-8-24(2)25(29)3/h7-13,22,26H,14-21H2,1-6H3. The van der Waals surface area contributed by atoms with E-state index in [1.165, 1.54) is 22.4 Å². The van der Waals surface area contributed by atoms with Crippen LogP contribution in [0.15, 0.2) is 48.7 Å². The number of hydrogen-bond donors (Lipinski definition) is 0. The number of ether oxygens (including phenoxy) is 1. The van der Waals surface area contributed by atoms with Gasteiger partial charge in [0, 0.05) is 50.9 Å². The van der Waals surface area contributed by atoms with Crippen LogP contribution in [0.2, 0.25) is 0 Å². The zero-order valence-electron chi connectivity index (χ0n) is 25.3. The van der Waals surface area contributed by atoms with Gasteiger partial charge in [0.2, 0.25) is 0 Å². The molecule has 3 heterocycles. The summed E-state index contributed by atoms with van der Waals surface area (Å²) in [6.45, 7) is 16.1. The Balaban J connectivity index is 1.36. The topological polar surface area (TPSA) is 70.9 Å². The van der Waals surface area contributed by atoms with Gasteiger partial charge >= 0.3 is 6.09 Å². The van der Waals surface area contributed by atoms with Gasteiger partial charge < -0.3 is 19.4 Å². The van der Waals surface area contributed by atoms with Gasteiger partial charge in [-0.25, -0.2) is 9.48 Å². The van der Waals surface area contributed by atoms with E-state index in [9.17, 15) is 9.59 Å². The number of benzene rings is 2. The molecule has 0 bridgehead atoms. The molecule has 2 fully saturated rings. The number of nitrogens with zero attached hydrogens (tertiary/aromatic N) is 5. The summed E-state index contributed by atoms with van der Waals surface area (Å²) in [7, 11) is 0. The monoisotopic (exact) mass is 557 g/mol. The number of carbonyl (C=O) groups is 2. The first-order valence-corrected chi connectivity index (χ1v) is 14.7. The van der Waals surface area contributed by atoms with Crippen LogP contribution in [0.4, 0.5) is 10.5 Å². The third kappa shape index (κ3) is 6.26. The molecule has 2 aromatic carbocycles. The SMILES string of the molecule is Cc1ccc(-n2ncc(C(=O)N3CCN(c4cccc(C)c4C)CC3)c2C2CCN(C(=O)OC(C)(C)C)CC2)cc1. The van der Waals surface area contributed by atoms with Crippen molar-refractivity contribution in [2.45, 2.75) is 65.9 Å². The lowest BCUT2D eigenvalue weighted by molar-refractivity contribution is 0.0203. The highest BCUT2D eigenvalue weighted by atomic mass is 16.6. The number of amides is 2. The van der Waals surface area contributed by atoms with Crippen LogP contribution in [0, 0.1) is 20.8 Å². The first-order valence-electron chi connectivity index (χ1n) is 14.7. The molecular weight excluding hydrogens is 514 g/mol. The van der Waals surface area contributed by atoms with Crippen molar-refractivity contribution in [3.63, 3.8) is 0 Å². The van der Waals surface area contributed by atoms with Gasteiger partial charge in [-0.2, -0.15) is 5.10 Å². The van der Waals surface area contributed by atoms with Crippen LogP contribution in [0.5, 0.6) is 0 Å². The molecule has 0 spiro atoms. The number of piperidine rings is 1. The minimum Gasteiger partial charge on any atom is -0.444 e. The van der Waals surface area contributed by atoms with Crippen LogP contribution >= 0.6 is 0 Å². The van der Waals surface area contributed by atoms with Crippen LogP contribution < -0.4 is 4.90 Å². The number of rotatable bonds is 4. The molecule has 0 radical (unpaired) electrons. The fourth-order valence-corrected chi connectivity index (χ4v) is 5.87. The summed E-state index contributed by atoms with van der Waals surface area (Å²) in [5, 5.41) is 4.75. The molecule has 2 saturated heterocycles. The lowest BCUT2D eigenvalue weighted by atomic mass is 9.90. The van der Waals surface area contributed by atoms with Crippen LogP contribution in [0.25, 0.3) is 5.69 Å². The maximum absolute atomic E-state index is 14.0. The molecule has 2 aliphatic rings. The molecule has 0 saturated carbocycles. The maximum atomic E-state index is 14.0. The van der Waals surface area contributed by atoms with E-state index in [2.05, 4.69) is 68.1 Å². The minimum absolute atomic E-state index is 0.0357. The molecule has 2 aliphatic heterocycles. The van der Waals surface area contributed by atoms with E-state index in [0.29, 0.717) is 31.7 Å². The molecule has 0 unspecified atom stereocenters. The Labute approximate surface area is 243 Å². The second-order valence-electron chi connectivity index (χ2n) is 12.4. The van der Waals surface area contributed by atoms with E-state index < -0.39 is 5.60 Å². The smallest absolute Gasteiger partial charge is 0.410 e. The van der Waals surface area contributed by atoms with Crippen molar-refractivity contribution in [3.05, 3.63) is 76.6 Å². The highest BCUT2D eigenvalue weighted by Crippen LogP contribution is 2.34. The number of likely N-dealkylation sites (tertiary alicyclic amines) is 1. The molecule has 41 heavy (non-hydrogen) atoms. The van der Waals surface area contributed by atoms with Gasteiger partial charge in [0.25, 0.3) is 5.91 Å². The first kappa shape index (κ1) is 28.7. The quantitative estimate of drug-likeness (QED) is 0.401. The Hall–Kier alpha value is -3.81. The van der Waals surface area contributed by atoms with E-state index in [1.54, 1.807) is 11.1 Å². The first-order chi connectivity index (χ1) is 19.5. The third-order valence-electron chi connectivity index (χ3n) is 8.33. The van der Waals surface area contributed by atoms with Crippen molar-refractivity contribution in [2.75, 3.05) is 44.2 Å². The highest BCUT2D eigenvalue weighted by Gasteiger charge is 2.34. The van der Waals surface area contributed by atoms with Gasteiger partial charge in [0.15, 0.2) is 0 Å². The van der Waals surface area contributed by atoms with E-state index in [0.717, 1.165) is 37.3 Å². The van der Waals surface area contributed by atoms with Gasteiger partial charge in [-0.15, -0.1) is 0 Å². The van der Waals surface area contributed by atoms with Gasteiger partial charge in [-0.3, -0.25) is 4.79 Å². The Kier molecular flexibility index (Phi) is 8.11. The van der Waals surface area contributed by atoms with Crippen LogP contribution in [-0.4, -0.2) is 76.5 Å². The molecule has 218 valence electrons. The Bertz CT molecular complexity index is 1390. The zero-order chi connectivity index (χ0) is 29.3. The Morgan fingerprint density at radius 3 is 2.15 bits per heavy atom. The molecule has 0 atom stereocenters. The number of anilines is 1. The lowest BCUT2D eigenvalue weighted by Gasteiger charge is -2.37. The molecular formula is C33H43N5O3. The maximum Gasteiger partial charge on any atom is 0.410 e. The van der Waals surface area contributed by atoms with E-state index in [4.69, 9.17) is 9.84 Å². The number of piperazine rings is 1. The van der Waals surface area contributed by atoms with Crippen molar-refractivity contribution in [1.29, 1.82) is 0 Å². The average molecular weight is 558 g/mol. The average Bonchev–Trinajstić information content (AvgIpc) is 3.39. The second-order valence-corrected chi connectivity index (χ2v) is 12.4. The summed E-state index contributed by atoms with van der Waals surface area (Å²) in [6, 6.07) is 14.7. The van der Waals surface area contributed by atoms with Crippen molar-refractivity contribution in [1.82, 2.24) is 19.6 Å². The zero-order valence-corrected chi connectivity index (χ0v) is 25.3. The van der Waals surface area contributed by atoms with Crippen LogP contribution in [0.1, 0.15) is 72.3 Å². The Morgan fingerprint density at radius 2 is 1.51 bits per heavy atom. The number of aryl methyl sites for hydroxylation is 2. The fraction of sp³-hybridized carbons (Fsp3) is 0.485. The predicted octanol–water partition coefficient (Wildman–Crippen LogP) is 5.87. The number of carbonyl (C=O) groups excluding carboxylic acids is 2. The largest absolute Gasteiger partial charge is 0.444 e. The molecule has 0 aliphatic carbocycles. The predicted molar refractivity (Wildman–Crippen MR) is 162 cm³/mol. The van der Waals surface area contributed by atoms with Crippen molar-refractivity contribution >= 4 is 17.7 Å². The second kappa shape index (κ2) is 11.6. The van der Waals surface area contributed by atoms with E-state index in [-0.39, 0.29) is 17.9 Å². The molecule has 8 heteroatoms. The third-order valence-corrected chi connectivity index (χ3v) is 8.33. The van der Waals surface area contributed by atoms with Crippen LogP contribution in [0.3, 0.4) is 0 Å². The molecule has 1 aromatic heterocycles. The van der Waals surface area contributed by atoms with E-state index >= 15 is 0 Å². The summed E-state index contributed by atoms with van der Waals surface area (Å²) in [5.74, 6) is 0.140. The van der Waals surface area contributed by atoms with Gasteiger partial charge in [-0.05, 0) is 83.7 Å². The highest BCUT2D eigenvalue weighted by molar-refractivity contribution is 5.95. The number of hydrogen-bond acceptors (Lipinski definition) is 5. The van der Waals surface area contributed by atoms with E-state index in [1.807, 2.05) is 30.4 Å². The van der Waals surface area contributed by atoms with Gasteiger partial charge in [0.05, 0.1) is 23.1 Å². The lowest BCUT2D eigenvalue weighted by Crippen LogP contribution is -2.49. The minimum atomic E-state index is -0.528. The van der Waals surface area contributed by atoms with Crippen molar-refractivity contribution in [3.8, 4) is 5.69 Å². The molecule has 2 amide bonds. The number of aromatic nitrogens is 2. The Morgan fingerprint density at radius 1 is 0.854 bits per heavy atom. The molecule has 3 aromatic rings. The molecule has 8 nitrogen and oxygen atoms in total. The summed E-state index contributed by atoms with van der Waals surface area (Å²) in [4.78, 5) is 32.9. The normalized spacial score (nSPS) is 16.7. The van der Waals surface area contributed by atoms with Crippen LogP contribution in [-0.2, 0) is 4.74 Å². The summed E-state index contributed by atoms with van der Waals surface area (Å²) >= 11 is 0. The van der Waals surface area contributed by atoms with Crippen molar-refractivity contribution in [2.24, 2.45) is 0 Å². The molecule has 5 rings (SSSR count). The summed E-state index contributed by atoms with van der Waals surface area (Å²) in [6.07, 6.45) is 2.96. The summed E-state index contributed by atoms with van der Waals surface area (Å²) in [5.41, 5.74) is 7.03. The fourth-order valence-electron chi connectivity index (χ4n) is 5.87. The van der Waals surface area contributed by atoms with Gasteiger partial charge in [-0.1, -0.05) is 29.8 Å². The van der Waals surface area contributed by atoms with Crippen molar-refractivity contribution < 1.29 is 14.3 Å². The summed E-state index contributed by atoms with van der Waals surface area (Å²) < 4.78 is 7.55. The van der Waals surface area contributed by atoms with Gasteiger partial charge in [0.1, 0.15) is 5.60 Å². The molecule has 0 N–H and O–H groups in total.